The molecule has 0 aromatic heterocycles. The summed E-state index contributed by atoms with van der Waals surface area (Å²) in [6, 6.07) is 47.9. The number of fused-ring (bicyclic) bond motifs is 7. The summed E-state index contributed by atoms with van der Waals surface area (Å²) in [5.41, 5.74) is 14.5. The third kappa shape index (κ3) is 3.82. The molecule has 0 saturated heterocycles. The van der Waals surface area contributed by atoms with Crippen molar-refractivity contribution in [3.8, 4) is 33.4 Å². The van der Waals surface area contributed by atoms with Gasteiger partial charge in [0, 0.05) is 22.3 Å². The number of rotatable bonds is 2. The molecule has 0 N–H and O–H groups in total. The molecule has 7 aromatic rings. The average Bonchev–Trinajstić information content (AvgIpc) is 3.29. The van der Waals surface area contributed by atoms with Crippen LogP contribution >= 0.6 is 11.8 Å². The molecule has 216 valence electrons. The Hall–Kier alpha value is -4.79. The Balaban J connectivity index is 1.31. The molecule has 0 spiro atoms. The van der Waals surface area contributed by atoms with Crippen molar-refractivity contribution in [2.75, 3.05) is 11.9 Å². The van der Waals surface area contributed by atoms with Gasteiger partial charge in [0.05, 0.1) is 11.4 Å². The summed E-state index contributed by atoms with van der Waals surface area (Å²) in [6.45, 7) is 6.92. The first-order valence-corrected chi connectivity index (χ1v) is 16.6. The van der Waals surface area contributed by atoms with Crippen molar-refractivity contribution in [3.05, 3.63) is 144 Å². The van der Waals surface area contributed by atoms with E-state index in [0.717, 1.165) is 0 Å². The van der Waals surface area contributed by atoms with Crippen molar-refractivity contribution in [3.63, 3.8) is 0 Å². The smallest absolute Gasteiger partial charge is 0.0556 e. The van der Waals surface area contributed by atoms with Crippen LogP contribution < -0.4 is 4.90 Å². The summed E-state index contributed by atoms with van der Waals surface area (Å²) in [6.07, 6.45) is 0. The van der Waals surface area contributed by atoms with E-state index in [9.17, 15) is 0 Å². The fourth-order valence-electron chi connectivity index (χ4n) is 7.88. The molecule has 45 heavy (non-hydrogen) atoms. The van der Waals surface area contributed by atoms with Gasteiger partial charge >= 0.3 is 0 Å². The second-order valence-corrected chi connectivity index (χ2v) is 14.2. The van der Waals surface area contributed by atoms with Gasteiger partial charge in [-0.1, -0.05) is 128 Å². The lowest BCUT2D eigenvalue weighted by Gasteiger charge is -2.30. The van der Waals surface area contributed by atoms with E-state index in [0.29, 0.717) is 0 Å². The SMILES string of the molecule is Cc1ccc2c(-c3ccc4c(c3)N(C)c3ccccc3S4)c3ccccc3c(-c3ccc4c(c3)-c3ccccc3C4(C)C)c2c1. The molecule has 1 heterocycles. The van der Waals surface area contributed by atoms with Gasteiger partial charge < -0.3 is 4.90 Å². The van der Waals surface area contributed by atoms with Crippen LogP contribution in [-0.2, 0) is 5.41 Å². The van der Waals surface area contributed by atoms with Crippen LogP contribution in [0.5, 0.6) is 0 Å². The molecular formula is C43H33NS. The predicted octanol–water partition coefficient (Wildman–Crippen LogP) is 12.2. The molecular weight excluding hydrogens is 563 g/mol. The van der Waals surface area contributed by atoms with E-state index in [1.807, 2.05) is 11.8 Å². The lowest BCUT2D eigenvalue weighted by Crippen LogP contribution is -2.14. The zero-order chi connectivity index (χ0) is 30.4. The highest BCUT2D eigenvalue weighted by Crippen LogP contribution is 2.53. The standard InChI is InChI=1S/C43H33NS/c1-26-17-20-32-34(23-26)42(27-18-21-36-33(24-27)29-11-7-8-14-35(29)43(36,2)3)31-13-6-5-12-30(31)41(32)28-19-22-40-38(25-28)44(4)37-15-9-10-16-39(37)45-40/h5-25H,1-4H3. The molecule has 0 amide bonds. The molecule has 0 atom stereocenters. The molecule has 0 radical (unpaired) electrons. The monoisotopic (exact) mass is 595 g/mol. The van der Waals surface area contributed by atoms with Crippen molar-refractivity contribution in [1.82, 2.24) is 0 Å². The number of anilines is 2. The van der Waals surface area contributed by atoms with Crippen LogP contribution in [-0.4, -0.2) is 7.05 Å². The highest BCUT2D eigenvalue weighted by Gasteiger charge is 2.35. The van der Waals surface area contributed by atoms with Gasteiger partial charge in [0.15, 0.2) is 0 Å². The van der Waals surface area contributed by atoms with Crippen molar-refractivity contribution < 1.29 is 0 Å². The first-order valence-electron chi connectivity index (χ1n) is 15.7. The first kappa shape index (κ1) is 26.6. The van der Waals surface area contributed by atoms with Crippen molar-refractivity contribution in [2.24, 2.45) is 0 Å². The van der Waals surface area contributed by atoms with Gasteiger partial charge in [-0.15, -0.1) is 0 Å². The molecule has 1 aliphatic heterocycles. The number of para-hydroxylation sites is 1. The number of aryl methyl sites for hydroxylation is 1. The number of hydrogen-bond acceptors (Lipinski definition) is 2. The summed E-state index contributed by atoms with van der Waals surface area (Å²) in [7, 11) is 2.19. The zero-order valence-corrected chi connectivity index (χ0v) is 26.8. The summed E-state index contributed by atoms with van der Waals surface area (Å²) < 4.78 is 0. The predicted molar refractivity (Wildman–Crippen MR) is 193 cm³/mol. The van der Waals surface area contributed by atoms with Crippen LogP contribution in [0.3, 0.4) is 0 Å². The molecule has 0 fully saturated rings. The Morgan fingerprint density at radius 3 is 1.98 bits per heavy atom. The highest BCUT2D eigenvalue weighted by atomic mass is 32.2. The Labute approximate surface area is 269 Å². The highest BCUT2D eigenvalue weighted by molar-refractivity contribution is 7.99. The van der Waals surface area contributed by atoms with Gasteiger partial charge in [0.1, 0.15) is 0 Å². The van der Waals surface area contributed by atoms with Gasteiger partial charge in [-0.2, -0.15) is 0 Å². The lowest BCUT2D eigenvalue weighted by molar-refractivity contribution is 0.660. The fourth-order valence-corrected chi connectivity index (χ4v) is 9.01. The number of benzene rings is 7. The second kappa shape index (κ2) is 9.60. The van der Waals surface area contributed by atoms with E-state index in [-0.39, 0.29) is 5.41 Å². The van der Waals surface area contributed by atoms with E-state index in [1.165, 1.54) is 92.8 Å². The van der Waals surface area contributed by atoms with Crippen molar-refractivity contribution >= 4 is 44.7 Å². The third-order valence-corrected chi connectivity index (χ3v) is 11.2. The van der Waals surface area contributed by atoms with E-state index in [4.69, 9.17) is 0 Å². The Bertz CT molecular complexity index is 2360. The normalized spacial score (nSPS) is 14.3. The summed E-state index contributed by atoms with van der Waals surface area (Å²) >= 11 is 1.86. The van der Waals surface area contributed by atoms with Crippen molar-refractivity contribution in [1.29, 1.82) is 0 Å². The lowest BCUT2D eigenvalue weighted by atomic mass is 9.81. The number of hydrogen-bond donors (Lipinski definition) is 0. The van der Waals surface area contributed by atoms with Crippen LogP contribution in [0, 0.1) is 6.92 Å². The topological polar surface area (TPSA) is 3.24 Å². The molecule has 0 saturated carbocycles. The van der Waals surface area contributed by atoms with Gasteiger partial charge in [-0.05, 0) is 103 Å². The largest absolute Gasteiger partial charge is 0.343 e. The first-order chi connectivity index (χ1) is 21.9. The Morgan fingerprint density at radius 1 is 0.511 bits per heavy atom. The fraction of sp³-hybridized carbons (Fsp3) is 0.116. The van der Waals surface area contributed by atoms with E-state index in [2.05, 4.69) is 160 Å². The maximum absolute atomic E-state index is 2.45. The molecule has 1 aliphatic carbocycles. The molecule has 1 nitrogen and oxygen atoms in total. The average molecular weight is 596 g/mol. The quantitative estimate of drug-likeness (QED) is 0.183. The molecule has 0 bridgehead atoms. The van der Waals surface area contributed by atoms with E-state index >= 15 is 0 Å². The van der Waals surface area contributed by atoms with E-state index < -0.39 is 0 Å². The Morgan fingerprint density at radius 2 is 1.13 bits per heavy atom. The minimum atomic E-state index is -0.00650. The summed E-state index contributed by atoms with van der Waals surface area (Å²) in [5, 5.41) is 5.18. The number of nitrogens with zero attached hydrogens (tertiary/aromatic N) is 1. The minimum absolute atomic E-state index is 0.00650. The maximum Gasteiger partial charge on any atom is 0.0556 e. The van der Waals surface area contributed by atoms with Gasteiger partial charge in [-0.25, -0.2) is 0 Å². The maximum atomic E-state index is 2.45. The molecule has 0 unspecified atom stereocenters. The zero-order valence-electron chi connectivity index (χ0n) is 26.0. The molecule has 9 rings (SSSR count). The molecule has 2 aliphatic rings. The van der Waals surface area contributed by atoms with Crippen LogP contribution in [0.15, 0.2) is 137 Å². The van der Waals surface area contributed by atoms with Gasteiger partial charge in [-0.3, -0.25) is 0 Å². The Kier molecular flexibility index (Phi) is 5.68. The summed E-state index contributed by atoms with van der Waals surface area (Å²) in [5.74, 6) is 0. The molecule has 2 heteroatoms. The van der Waals surface area contributed by atoms with Crippen LogP contribution in [0.2, 0.25) is 0 Å². The van der Waals surface area contributed by atoms with Crippen LogP contribution in [0.25, 0.3) is 54.9 Å². The third-order valence-electron chi connectivity index (χ3n) is 10.1. The minimum Gasteiger partial charge on any atom is -0.343 e. The van der Waals surface area contributed by atoms with E-state index in [1.54, 1.807) is 0 Å². The summed E-state index contributed by atoms with van der Waals surface area (Å²) in [4.78, 5) is 4.94. The van der Waals surface area contributed by atoms with Crippen molar-refractivity contribution in [2.45, 2.75) is 36.0 Å². The van der Waals surface area contributed by atoms with Crippen LogP contribution in [0.4, 0.5) is 11.4 Å². The second-order valence-electron chi connectivity index (χ2n) is 13.1. The van der Waals surface area contributed by atoms with Crippen LogP contribution in [0.1, 0.15) is 30.5 Å². The molecule has 7 aromatic carbocycles. The van der Waals surface area contributed by atoms with Gasteiger partial charge in [0.25, 0.3) is 0 Å². The van der Waals surface area contributed by atoms with Gasteiger partial charge in [0.2, 0.25) is 0 Å².